The molecule has 0 bridgehead atoms. The molecule has 0 aromatic carbocycles. The van der Waals surface area contributed by atoms with Crippen LogP contribution in [-0.4, -0.2) is 61.5 Å². The van der Waals surface area contributed by atoms with Gasteiger partial charge in [0.05, 0.1) is 25.7 Å². The van der Waals surface area contributed by atoms with Crippen LogP contribution in [0, 0.1) is 0 Å². The van der Waals surface area contributed by atoms with Crippen molar-refractivity contribution in [1.29, 1.82) is 0 Å². The van der Waals surface area contributed by atoms with Crippen molar-refractivity contribution in [3.05, 3.63) is 0 Å². The van der Waals surface area contributed by atoms with Crippen molar-refractivity contribution in [3.8, 4) is 0 Å². The van der Waals surface area contributed by atoms with E-state index in [4.69, 9.17) is 14.6 Å². The number of piperidine rings is 1. The van der Waals surface area contributed by atoms with Gasteiger partial charge in [-0.3, -0.25) is 9.69 Å². The van der Waals surface area contributed by atoms with E-state index < -0.39 is 5.97 Å². The molecule has 0 spiro atoms. The summed E-state index contributed by atoms with van der Waals surface area (Å²) in [5.41, 5.74) is 0. The Labute approximate surface area is 103 Å². The van der Waals surface area contributed by atoms with Crippen LogP contribution in [0.3, 0.4) is 0 Å². The number of carboxylic acids is 1. The summed E-state index contributed by atoms with van der Waals surface area (Å²) >= 11 is 0. The van der Waals surface area contributed by atoms with E-state index in [0.29, 0.717) is 12.6 Å². The molecule has 1 saturated heterocycles. The zero-order valence-electron chi connectivity index (χ0n) is 10.7. The minimum absolute atomic E-state index is 0.0975. The minimum atomic E-state index is -0.795. The fourth-order valence-electron chi connectivity index (χ4n) is 2.14. The molecular formula is C12H23NO4. The number of carbonyl (C=O) groups is 1. The second-order valence-corrected chi connectivity index (χ2v) is 4.55. The number of hydrogen-bond acceptors (Lipinski definition) is 4. The maximum Gasteiger partial charge on any atom is 0.305 e. The summed E-state index contributed by atoms with van der Waals surface area (Å²) in [7, 11) is 1.72. The zero-order valence-corrected chi connectivity index (χ0v) is 10.7. The van der Waals surface area contributed by atoms with Crippen molar-refractivity contribution in [2.24, 2.45) is 0 Å². The van der Waals surface area contributed by atoms with Gasteiger partial charge in [0.1, 0.15) is 0 Å². The third-order valence-electron chi connectivity index (χ3n) is 3.18. The van der Waals surface area contributed by atoms with Crippen LogP contribution in [0.25, 0.3) is 0 Å². The summed E-state index contributed by atoms with van der Waals surface area (Å²) in [4.78, 5) is 12.7. The Kier molecular flexibility index (Phi) is 6.47. The summed E-state index contributed by atoms with van der Waals surface area (Å²) < 4.78 is 10.7. The van der Waals surface area contributed by atoms with Crippen molar-refractivity contribution >= 4 is 5.97 Å². The molecule has 5 heteroatoms. The van der Waals surface area contributed by atoms with Crippen molar-refractivity contribution in [2.75, 3.05) is 33.4 Å². The fraction of sp³-hybridized carbons (Fsp3) is 0.917. The third kappa shape index (κ3) is 5.48. The van der Waals surface area contributed by atoms with Gasteiger partial charge in [-0.2, -0.15) is 0 Å². The minimum Gasteiger partial charge on any atom is -0.481 e. The Morgan fingerprint density at radius 1 is 1.47 bits per heavy atom. The number of carboxylic acid groups (broad SMARTS) is 1. The number of rotatable bonds is 7. The molecular weight excluding hydrogens is 222 g/mol. The van der Waals surface area contributed by atoms with Crippen LogP contribution in [0.1, 0.15) is 26.2 Å². The van der Waals surface area contributed by atoms with E-state index in [1.54, 1.807) is 7.11 Å². The van der Waals surface area contributed by atoms with Crippen molar-refractivity contribution in [2.45, 2.75) is 38.3 Å². The van der Waals surface area contributed by atoms with Gasteiger partial charge in [-0.25, -0.2) is 0 Å². The van der Waals surface area contributed by atoms with E-state index in [1.165, 1.54) is 0 Å². The number of aliphatic carboxylic acids is 1. The first-order chi connectivity index (χ1) is 8.13. The predicted molar refractivity (Wildman–Crippen MR) is 64.1 cm³/mol. The molecule has 100 valence electrons. The van der Waals surface area contributed by atoms with Gasteiger partial charge in [0, 0.05) is 26.2 Å². The largest absolute Gasteiger partial charge is 0.481 e. The van der Waals surface area contributed by atoms with Crippen molar-refractivity contribution < 1.29 is 19.4 Å². The molecule has 0 radical (unpaired) electrons. The van der Waals surface area contributed by atoms with E-state index in [1.807, 2.05) is 0 Å². The standard InChI is InChI=1S/C12H23NO4/c1-10(9-16-2)13-6-3-11(4-7-13)17-8-5-12(14)15/h10-11H,3-9H2,1-2H3,(H,14,15). The molecule has 1 heterocycles. The average Bonchev–Trinajstić information content (AvgIpc) is 2.30. The summed E-state index contributed by atoms with van der Waals surface area (Å²) in [5.74, 6) is -0.795. The van der Waals surface area contributed by atoms with E-state index in [0.717, 1.165) is 32.5 Å². The Morgan fingerprint density at radius 2 is 2.12 bits per heavy atom. The Hall–Kier alpha value is -0.650. The van der Waals surface area contributed by atoms with Crippen molar-refractivity contribution in [1.82, 2.24) is 4.90 Å². The normalized spacial score (nSPS) is 20.4. The molecule has 0 aromatic rings. The molecule has 1 fully saturated rings. The molecule has 0 amide bonds. The van der Waals surface area contributed by atoms with Crippen molar-refractivity contribution in [3.63, 3.8) is 0 Å². The lowest BCUT2D eigenvalue weighted by molar-refractivity contribution is -0.138. The van der Waals surface area contributed by atoms with Crippen LogP contribution in [0.5, 0.6) is 0 Å². The topological polar surface area (TPSA) is 59.0 Å². The van der Waals surface area contributed by atoms with E-state index in [2.05, 4.69) is 11.8 Å². The lowest BCUT2D eigenvalue weighted by Crippen LogP contribution is -2.44. The first kappa shape index (κ1) is 14.4. The summed E-state index contributed by atoms with van der Waals surface area (Å²) in [6.45, 7) is 5.25. The first-order valence-corrected chi connectivity index (χ1v) is 6.20. The number of nitrogens with zero attached hydrogens (tertiary/aromatic N) is 1. The highest BCUT2D eigenvalue weighted by Crippen LogP contribution is 2.16. The molecule has 0 aliphatic carbocycles. The van der Waals surface area contributed by atoms with Gasteiger partial charge in [0.25, 0.3) is 0 Å². The maximum absolute atomic E-state index is 10.4. The Balaban J connectivity index is 2.14. The van der Waals surface area contributed by atoms with Gasteiger partial charge in [-0.15, -0.1) is 0 Å². The van der Waals surface area contributed by atoms with Gasteiger partial charge in [0.15, 0.2) is 0 Å². The highest BCUT2D eigenvalue weighted by molar-refractivity contribution is 5.66. The van der Waals surface area contributed by atoms with Crippen LogP contribution in [-0.2, 0) is 14.3 Å². The predicted octanol–water partition coefficient (Wildman–Crippen LogP) is 0.977. The molecule has 1 atom stereocenters. The Bertz CT molecular complexity index is 227. The van der Waals surface area contributed by atoms with Crippen LogP contribution in [0.4, 0.5) is 0 Å². The third-order valence-corrected chi connectivity index (χ3v) is 3.18. The average molecular weight is 245 g/mol. The SMILES string of the molecule is COCC(C)N1CCC(OCCC(=O)O)CC1. The Morgan fingerprint density at radius 3 is 2.65 bits per heavy atom. The molecule has 1 aliphatic heterocycles. The smallest absolute Gasteiger partial charge is 0.305 e. The van der Waals surface area contributed by atoms with Crippen LogP contribution < -0.4 is 0 Å². The second-order valence-electron chi connectivity index (χ2n) is 4.55. The molecule has 1 N–H and O–H groups in total. The second kappa shape index (κ2) is 7.63. The number of hydrogen-bond donors (Lipinski definition) is 1. The highest BCUT2D eigenvalue weighted by Gasteiger charge is 2.22. The monoisotopic (exact) mass is 245 g/mol. The van der Waals surface area contributed by atoms with Gasteiger partial charge in [-0.05, 0) is 19.8 Å². The number of methoxy groups -OCH3 is 1. The van der Waals surface area contributed by atoms with Gasteiger partial charge < -0.3 is 14.6 Å². The fourth-order valence-corrected chi connectivity index (χ4v) is 2.14. The molecule has 17 heavy (non-hydrogen) atoms. The molecule has 1 unspecified atom stereocenters. The molecule has 1 aliphatic rings. The molecule has 0 aromatic heterocycles. The summed E-state index contributed by atoms with van der Waals surface area (Å²) in [5, 5.41) is 8.51. The summed E-state index contributed by atoms with van der Waals surface area (Å²) in [6.07, 6.45) is 2.28. The number of ether oxygens (including phenoxy) is 2. The summed E-state index contributed by atoms with van der Waals surface area (Å²) in [6, 6.07) is 0.444. The first-order valence-electron chi connectivity index (χ1n) is 6.20. The highest BCUT2D eigenvalue weighted by atomic mass is 16.5. The van der Waals surface area contributed by atoms with Gasteiger partial charge in [-0.1, -0.05) is 0 Å². The zero-order chi connectivity index (χ0) is 12.7. The lowest BCUT2D eigenvalue weighted by Gasteiger charge is -2.35. The number of likely N-dealkylation sites (tertiary alicyclic amines) is 1. The maximum atomic E-state index is 10.4. The van der Waals surface area contributed by atoms with E-state index in [9.17, 15) is 4.79 Å². The van der Waals surface area contributed by atoms with E-state index in [-0.39, 0.29) is 12.5 Å². The quantitative estimate of drug-likeness (QED) is 0.724. The molecule has 5 nitrogen and oxygen atoms in total. The van der Waals surface area contributed by atoms with E-state index >= 15 is 0 Å². The van der Waals surface area contributed by atoms with Crippen LogP contribution >= 0.6 is 0 Å². The lowest BCUT2D eigenvalue weighted by atomic mass is 10.1. The molecule has 1 rings (SSSR count). The van der Waals surface area contributed by atoms with Gasteiger partial charge in [0.2, 0.25) is 0 Å². The van der Waals surface area contributed by atoms with Crippen LogP contribution in [0.2, 0.25) is 0 Å². The molecule has 0 saturated carbocycles. The van der Waals surface area contributed by atoms with Gasteiger partial charge >= 0.3 is 5.97 Å². The van der Waals surface area contributed by atoms with Crippen LogP contribution in [0.15, 0.2) is 0 Å².